The van der Waals surface area contributed by atoms with E-state index < -0.39 is 0 Å². The highest BCUT2D eigenvalue weighted by molar-refractivity contribution is 9.10. The van der Waals surface area contributed by atoms with Crippen LogP contribution in [0.25, 0.3) is 44.9 Å². The molecule has 11 rings (SSSR count). The Balaban J connectivity index is 0.000000134. The van der Waals surface area contributed by atoms with Crippen LogP contribution in [0.1, 0.15) is 39.1 Å². The number of aromatic nitrogens is 8. The van der Waals surface area contributed by atoms with Gasteiger partial charge < -0.3 is 19.9 Å². The van der Waals surface area contributed by atoms with Gasteiger partial charge in [-0.3, -0.25) is 9.59 Å². The molecular weight excluding hydrogens is 942 g/mol. The maximum absolute atomic E-state index is 11.6. The van der Waals surface area contributed by atoms with Crippen LogP contribution in [0.4, 0.5) is 11.4 Å². The number of benzene rings is 4. The second kappa shape index (κ2) is 18.4. The molecule has 3 aliphatic rings. The summed E-state index contributed by atoms with van der Waals surface area (Å²) in [6, 6.07) is 36.2. The number of carbonyl (C=O) groups excluding carboxylic acids is 2. The first-order valence-corrected chi connectivity index (χ1v) is 22.4. The lowest BCUT2D eigenvalue weighted by molar-refractivity contribution is -0.116. The SMILES string of the molecule is CC1(C)OB(c2ccc(-c3ccc(-n4cncn4)cc3)cc2)OC1(C)C.O=C1Cc2nc(-c3ccc(-c4ccc(-n5cncn5)cc4)cc3)c(Cl)cc2N1.O=C1Cc2nc(Br)c(Cl)cc2N1. The molecule has 0 unspecified atom stereocenters. The number of pyridine rings is 2. The predicted molar refractivity (Wildman–Crippen MR) is 259 cm³/mol. The largest absolute Gasteiger partial charge is 0.494 e. The minimum absolute atomic E-state index is 0.0355. The van der Waals surface area contributed by atoms with E-state index >= 15 is 0 Å². The van der Waals surface area contributed by atoms with Crippen molar-refractivity contribution in [2.24, 2.45) is 0 Å². The molecule has 330 valence electrons. The molecule has 2 N–H and O–H groups in total. The van der Waals surface area contributed by atoms with Gasteiger partial charge in [0.15, 0.2) is 0 Å². The quantitative estimate of drug-likeness (QED) is 0.121. The molecule has 3 aliphatic heterocycles. The maximum atomic E-state index is 11.6. The van der Waals surface area contributed by atoms with Crippen molar-refractivity contribution in [3.63, 3.8) is 0 Å². The van der Waals surface area contributed by atoms with Crippen LogP contribution in [0.2, 0.25) is 10.0 Å². The van der Waals surface area contributed by atoms with Crippen molar-refractivity contribution in [2.45, 2.75) is 51.7 Å². The van der Waals surface area contributed by atoms with Crippen LogP contribution < -0.4 is 16.1 Å². The first-order chi connectivity index (χ1) is 31.7. The van der Waals surface area contributed by atoms with E-state index in [1.165, 1.54) is 12.7 Å². The van der Waals surface area contributed by atoms with E-state index in [1.54, 1.807) is 34.2 Å². The predicted octanol–water partition coefficient (Wildman–Crippen LogP) is 9.37. The molecule has 7 heterocycles. The summed E-state index contributed by atoms with van der Waals surface area (Å²) < 4.78 is 16.3. The number of hydrogen-bond donors (Lipinski definition) is 2. The summed E-state index contributed by atoms with van der Waals surface area (Å²) >= 11 is 15.4. The van der Waals surface area contributed by atoms with Gasteiger partial charge in [-0.2, -0.15) is 10.2 Å². The van der Waals surface area contributed by atoms with Gasteiger partial charge in [-0.05, 0) is 108 Å². The highest BCUT2D eigenvalue weighted by Gasteiger charge is 2.51. The van der Waals surface area contributed by atoms with Gasteiger partial charge >= 0.3 is 7.12 Å². The van der Waals surface area contributed by atoms with E-state index in [4.69, 9.17) is 32.5 Å². The molecule has 1 fully saturated rings. The fourth-order valence-electron chi connectivity index (χ4n) is 7.34. The van der Waals surface area contributed by atoms with Crippen LogP contribution in [-0.2, 0) is 31.7 Å². The van der Waals surface area contributed by atoms with Crippen LogP contribution in [-0.4, -0.2) is 69.6 Å². The van der Waals surface area contributed by atoms with Crippen LogP contribution in [0.5, 0.6) is 0 Å². The number of nitrogens with zero attached hydrogens (tertiary/aromatic N) is 8. The average molecular weight is 983 g/mol. The Morgan fingerprint density at radius 2 is 1.00 bits per heavy atom. The van der Waals surface area contributed by atoms with E-state index in [2.05, 4.69) is 121 Å². The van der Waals surface area contributed by atoms with E-state index in [1.807, 2.05) is 60.7 Å². The summed E-state index contributed by atoms with van der Waals surface area (Å²) in [5.41, 5.74) is 11.3. The number of carbonyl (C=O) groups is 2. The monoisotopic (exact) mass is 980 g/mol. The zero-order chi connectivity index (χ0) is 46.2. The fourth-order valence-corrected chi connectivity index (χ4v) is 8.08. The molecule has 0 bridgehead atoms. The van der Waals surface area contributed by atoms with E-state index in [9.17, 15) is 9.59 Å². The Bertz CT molecular complexity index is 3000. The zero-order valence-electron chi connectivity index (χ0n) is 36.0. The third-order valence-electron chi connectivity index (χ3n) is 11.6. The lowest BCUT2D eigenvalue weighted by atomic mass is 9.78. The molecule has 0 aliphatic carbocycles. The second-order valence-corrected chi connectivity index (χ2v) is 18.1. The number of fused-ring (bicyclic) bond motifs is 2. The van der Waals surface area contributed by atoms with Gasteiger partial charge in [-0.25, -0.2) is 29.3 Å². The van der Waals surface area contributed by atoms with Crippen LogP contribution in [0.3, 0.4) is 0 Å². The van der Waals surface area contributed by atoms with Gasteiger partial charge in [0, 0.05) is 5.56 Å². The summed E-state index contributed by atoms with van der Waals surface area (Å²) in [7, 11) is -0.330. The minimum Gasteiger partial charge on any atom is -0.399 e. The van der Waals surface area contributed by atoms with E-state index in [-0.39, 0.29) is 36.6 Å². The molecule has 2 amide bonds. The third-order valence-corrected chi connectivity index (χ3v) is 13.0. The molecule has 1 saturated heterocycles. The van der Waals surface area contributed by atoms with E-state index in [0.717, 1.165) is 56.0 Å². The van der Waals surface area contributed by atoms with Gasteiger partial charge in [0.1, 0.15) is 29.9 Å². The smallest absolute Gasteiger partial charge is 0.399 e. The average Bonchev–Trinajstić information content (AvgIpc) is 4.17. The molecule has 18 heteroatoms. The van der Waals surface area contributed by atoms with Gasteiger partial charge in [0.05, 0.1) is 73.9 Å². The number of rotatable bonds is 6. The van der Waals surface area contributed by atoms with Crippen molar-refractivity contribution in [1.29, 1.82) is 0 Å². The van der Waals surface area contributed by atoms with Gasteiger partial charge in [0.25, 0.3) is 0 Å². The highest BCUT2D eigenvalue weighted by atomic mass is 79.9. The molecule has 0 atom stereocenters. The molecule has 66 heavy (non-hydrogen) atoms. The first-order valence-electron chi connectivity index (χ1n) is 20.8. The Labute approximate surface area is 399 Å². The van der Waals surface area contributed by atoms with Gasteiger partial charge in [0.2, 0.25) is 11.8 Å². The molecule has 0 saturated carbocycles. The molecule has 0 radical (unpaired) electrons. The second-order valence-electron chi connectivity index (χ2n) is 16.6. The Morgan fingerprint density at radius 1 is 0.591 bits per heavy atom. The molecule has 4 aromatic carbocycles. The normalized spacial score (nSPS) is 15.2. The Kier molecular flexibility index (Phi) is 12.4. The molecule has 14 nitrogen and oxygen atoms in total. The van der Waals surface area contributed by atoms with Crippen molar-refractivity contribution in [3.8, 4) is 44.9 Å². The summed E-state index contributed by atoms with van der Waals surface area (Å²) in [5.74, 6) is -0.0907. The van der Waals surface area contributed by atoms with Crippen molar-refractivity contribution in [2.75, 3.05) is 10.6 Å². The number of amides is 2. The number of hydrogen-bond acceptors (Lipinski definition) is 10. The topological polar surface area (TPSA) is 164 Å². The molecule has 4 aromatic heterocycles. The lowest BCUT2D eigenvalue weighted by Crippen LogP contribution is -2.41. The third kappa shape index (κ3) is 9.55. The van der Waals surface area contributed by atoms with Gasteiger partial charge in [-0.1, -0.05) is 96.0 Å². The summed E-state index contributed by atoms with van der Waals surface area (Å²) in [5, 5.41) is 14.7. The summed E-state index contributed by atoms with van der Waals surface area (Å²) in [6.45, 7) is 8.27. The lowest BCUT2D eigenvalue weighted by Gasteiger charge is -2.32. The molecular formula is C48H40BBrCl2N10O4. The fraction of sp³-hybridized carbons (Fsp3) is 0.167. The van der Waals surface area contributed by atoms with Crippen molar-refractivity contribution in [1.82, 2.24) is 39.5 Å². The van der Waals surface area contributed by atoms with Crippen molar-refractivity contribution < 1.29 is 18.9 Å². The molecule has 8 aromatic rings. The van der Waals surface area contributed by atoms with Gasteiger partial charge in [-0.15, -0.1) is 0 Å². The Hall–Kier alpha value is -6.56. The minimum atomic E-state index is -0.330. The van der Waals surface area contributed by atoms with Crippen LogP contribution in [0.15, 0.2) is 139 Å². The van der Waals surface area contributed by atoms with E-state index in [0.29, 0.717) is 38.1 Å². The van der Waals surface area contributed by atoms with Crippen molar-refractivity contribution >= 4 is 74.9 Å². The van der Waals surface area contributed by atoms with Crippen LogP contribution in [0, 0.1) is 0 Å². The highest BCUT2D eigenvalue weighted by Crippen LogP contribution is 2.37. The van der Waals surface area contributed by atoms with Crippen molar-refractivity contribution in [3.05, 3.63) is 161 Å². The summed E-state index contributed by atoms with van der Waals surface area (Å²) in [6.07, 6.45) is 7.02. The van der Waals surface area contributed by atoms with Crippen LogP contribution >= 0.6 is 39.1 Å². The number of anilines is 2. The standard InChI is InChI=1S/C21H14ClN5O.C20H22BN3O2.C7H4BrClN2O/c22-17-9-18-19(10-20(28)25-18)26-21(17)15-3-1-13(2-4-15)14-5-7-16(8-6-14)27-12-23-11-24-27;1-19(2)20(3,4)26-21(25-19)17-9-5-15(6-10-17)16-7-11-18(12-8-16)24-14-22-13-23-24;8-7-3(9)1-4-5(11-7)2-6(12)10-4/h1-9,11-12H,10H2,(H,25,28);5-14H,1-4H3;1H,2H2,(H,10,12). The molecule has 0 spiro atoms. The number of halogens is 3. The maximum Gasteiger partial charge on any atom is 0.494 e. The first kappa shape index (κ1) is 44.6. The number of nitrogens with one attached hydrogen (secondary N) is 2. The zero-order valence-corrected chi connectivity index (χ0v) is 39.1. The Morgan fingerprint density at radius 3 is 1.45 bits per heavy atom. The summed E-state index contributed by atoms with van der Waals surface area (Å²) in [4.78, 5) is 39.1.